The van der Waals surface area contributed by atoms with Crippen LogP contribution >= 0.6 is 0 Å². The Kier molecular flexibility index (Phi) is 25.1. The number of aromatic amines is 2. The van der Waals surface area contributed by atoms with Crippen molar-refractivity contribution in [3.63, 3.8) is 0 Å². The monoisotopic (exact) mass is 816 g/mol. The summed E-state index contributed by atoms with van der Waals surface area (Å²) in [6.45, 7) is 0. The summed E-state index contributed by atoms with van der Waals surface area (Å²) in [5.74, 6) is 0. The molecule has 0 spiro atoms. The van der Waals surface area contributed by atoms with Gasteiger partial charge in [-0.15, -0.1) is 0 Å². The first-order valence-corrected chi connectivity index (χ1v) is 13.6. The van der Waals surface area contributed by atoms with Gasteiger partial charge in [0.1, 0.15) is 11.4 Å². The number of pyridine rings is 2. The molecule has 22 nitrogen and oxygen atoms in total. The van der Waals surface area contributed by atoms with E-state index in [1.54, 1.807) is 53.0 Å². The quantitative estimate of drug-likeness (QED) is 0.105. The summed E-state index contributed by atoms with van der Waals surface area (Å²) >= 11 is 0. The normalized spacial score (nSPS) is 8.69. The van der Waals surface area contributed by atoms with Gasteiger partial charge in [-0.25, -0.2) is 9.97 Å². The second-order valence-corrected chi connectivity index (χ2v) is 9.15. The van der Waals surface area contributed by atoms with Crippen LogP contribution < -0.4 is 10.2 Å². The number of carbonyl (C=O) groups excluding carboxylic acids is 2. The zero-order chi connectivity index (χ0) is 37.3. The topological polar surface area (TPSA) is 310 Å². The number of nitrogens with zero attached hydrogens (tertiary/aromatic N) is 12. The van der Waals surface area contributed by atoms with Crippen molar-refractivity contribution in [2.24, 2.45) is 0 Å². The number of nitrogens with one attached hydrogen (secondary N) is 2. The number of amides is 2. The third kappa shape index (κ3) is 20.8. The molecule has 2 N–H and O–H groups in total. The van der Waals surface area contributed by atoms with Gasteiger partial charge in [-0.1, -0.05) is 35.7 Å². The fourth-order valence-corrected chi connectivity index (χ4v) is 2.98. The van der Waals surface area contributed by atoms with Crippen molar-refractivity contribution in [3.05, 3.63) is 116 Å². The third-order valence-corrected chi connectivity index (χ3v) is 4.90. The number of H-pyrrole nitrogens is 2. The Morgan fingerprint density at radius 3 is 1.12 bits per heavy atom. The smallest absolute Gasteiger partial charge is 0.574 e. The van der Waals surface area contributed by atoms with Crippen LogP contribution in [0.5, 0.6) is 0 Å². The summed E-state index contributed by atoms with van der Waals surface area (Å²) in [5, 5.41) is 58.7. The molecule has 0 atom stereocenters. The molecule has 6 aromatic heterocycles. The number of carbonyl (C=O) groups is 2. The second-order valence-electron chi connectivity index (χ2n) is 9.15. The van der Waals surface area contributed by atoms with E-state index >= 15 is 0 Å². The van der Waals surface area contributed by atoms with E-state index < -0.39 is 10.2 Å². The van der Waals surface area contributed by atoms with Gasteiger partial charge in [0.15, 0.2) is 0 Å². The predicted octanol–water partition coefficient (Wildman–Crippen LogP) is 1.91. The summed E-state index contributed by atoms with van der Waals surface area (Å²) < 4.78 is 0. The number of hydrogen-bond acceptors (Lipinski definition) is 14. The SMILES string of the molecule is CN(C)C=O.CN(C)C=O.O=[N+]([O-])[O-].O=[N+]([O-])[O-].[Cu+2].[Cu+2].c1cc(-c2cc[nH]n2)nc(-c2ccn[n-]2)c1.c1cc(-c2cc[nH]n2)nc(-c2ccn[n-]2)c1. The van der Waals surface area contributed by atoms with E-state index in [1.165, 1.54) is 9.80 Å². The molecule has 0 saturated heterocycles. The fraction of sp³-hybridized carbons (Fsp3) is 0.143. The molecule has 6 heterocycles. The predicted molar refractivity (Wildman–Crippen MR) is 177 cm³/mol. The first-order valence-electron chi connectivity index (χ1n) is 13.6. The van der Waals surface area contributed by atoms with Crippen molar-refractivity contribution in [2.75, 3.05) is 28.2 Å². The van der Waals surface area contributed by atoms with Crippen LogP contribution in [0.3, 0.4) is 0 Å². The van der Waals surface area contributed by atoms with Crippen LogP contribution in [0.2, 0.25) is 0 Å². The van der Waals surface area contributed by atoms with E-state index in [2.05, 4.69) is 50.8 Å². The van der Waals surface area contributed by atoms with Gasteiger partial charge in [0.2, 0.25) is 12.8 Å². The maximum atomic E-state index is 9.43. The Labute approximate surface area is 316 Å². The van der Waals surface area contributed by atoms with E-state index in [-0.39, 0.29) is 34.1 Å². The van der Waals surface area contributed by atoms with Gasteiger partial charge in [-0.3, -0.25) is 19.8 Å². The molecule has 0 saturated carbocycles. The van der Waals surface area contributed by atoms with Crippen molar-refractivity contribution in [1.29, 1.82) is 0 Å². The molecule has 0 aliphatic rings. The van der Waals surface area contributed by atoms with Gasteiger partial charge in [0.25, 0.3) is 0 Å². The van der Waals surface area contributed by atoms with E-state index in [4.69, 9.17) is 30.6 Å². The van der Waals surface area contributed by atoms with Crippen LogP contribution in [0.25, 0.3) is 45.6 Å². The van der Waals surface area contributed by atoms with Gasteiger partial charge in [-0.05, 0) is 36.4 Å². The minimum absolute atomic E-state index is 0. The molecule has 0 unspecified atom stereocenters. The Morgan fingerprint density at radius 2 is 0.885 bits per heavy atom. The van der Waals surface area contributed by atoms with Crippen LogP contribution in [0.4, 0.5) is 0 Å². The van der Waals surface area contributed by atoms with E-state index in [9.17, 15) is 9.59 Å². The Morgan fingerprint density at radius 1 is 0.577 bits per heavy atom. The van der Waals surface area contributed by atoms with E-state index in [0.717, 1.165) is 58.4 Å². The molecule has 24 heteroatoms. The molecular weight excluding hydrogens is 787 g/mol. The molecule has 6 rings (SSSR count). The Balaban J connectivity index is 0. The second kappa shape index (κ2) is 27.4. The summed E-state index contributed by atoms with van der Waals surface area (Å²) in [7, 11) is 6.75. The van der Waals surface area contributed by atoms with Gasteiger partial charge in [0.05, 0.1) is 32.9 Å². The van der Waals surface area contributed by atoms with Gasteiger partial charge in [0, 0.05) is 53.0 Å². The van der Waals surface area contributed by atoms with E-state index in [1.807, 2.05) is 60.7 Å². The first-order chi connectivity index (χ1) is 23.9. The molecule has 0 aromatic carbocycles. The number of aromatic nitrogens is 10. The molecule has 0 aliphatic heterocycles. The molecule has 0 aliphatic carbocycles. The minimum Gasteiger partial charge on any atom is -0.574 e. The van der Waals surface area contributed by atoms with Crippen LogP contribution in [-0.2, 0) is 43.7 Å². The average molecular weight is 818 g/mol. The van der Waals surface area contributed by atoms with Gasteiger partial charge >= 0.3 is 34.1 Å². The van der Waals surface area contributed by atoms with Crippen molar-refractivity contribution >= 4 is 12.8 Å². The number of rotatable bonds is 6. The van der Waals surface area contributed by atoms with Crippen LogP contribution in [0.15, 0.2) is 85.5 Å². The zero-order valence-corrected chi connectivity index (χ0v) is 29.4. The van der Waals surface area contributed by atoms with Crippen molar-refractivity contribution in [2.45, 2.75) is 0 Å². The van der Waals surface area contributed by atoms with Crippen molar-refractivity contribution in [3.8, 4) is 45.6 Å². The standard InChI is InChI=1S/2C11H8N5.2C3H7NO.2Cu.2NO3/c2*1-2-8(10-4-6-12-15-10)14-9(3-1)11-5-7-13-16-11;2*1-4(2)3-5;;;2*2-1(3)4/h2*1-7H,(H-,12,13,15,16);2*3H,1-2H3;;;;/q2*-1;;;2*+2;2*-1. The minimum atomic E-state index is -1.75. The maximum absolute atomic E-state index is 9.43. The first kappa shape index (κ1) is 47.6. The Bertz CT molecular complexity index is 1550. The summed E-state index contributed by atoms with van der Waals surface area (Å²) in [6, 6.07) is 18.9. The number of hydrogen-bond donors (Lipinski definition) is 2. The third-order valence-electron chi connectivity index (χ3n) is 4.90. The molecule has 2 amide bonds. The maximum Gasteiger partial charge on any atom is 2.00 e. The Hall–Kier alpha value is -6.48. The van der Waals surface area contributed by atoms with Crippen molar-refractivity contribution in [1.82, 2.24) is 60.6 Å². The summed E-state index contributed by atoms with van der Waals surface area (Å²) in [4.78, 5) is 47.2. The summed E-state index contributed by atoms with van der Waals surface area (Å²) in [6.07, 6.45) is 8.34. The molecule has 282 valence electrons. The zero-order valence-electron chi connectivity index (χ0n) is 27.5. The molecular formula is C28H30Cu2N14O8. The van der Waals surface area contributed by atoms with Crippen LogP contribution in [-0.4, -0.2) is 102 Å². The van der Waals surface area contributed by atoms with Crippen molar-refractivity contribution < 1.29 is 53.9 Å². The molecule has 6 aromatic rings. The van der Waals surface area contributed by atoms with Crippen LogP contribution in [0, 0.1) is 30.6 Å². The van der Waals surface area contributed by atoms with E-state index in [0.29, 0.717) is 0 Å². The van der Waals surface area contributed by atoms with Gasteiger partial charge < -0.3 is 60.8 Å². The largest absolute Gasteiger partial charge is 2.00 e. The van der Waals surface area contributed by atoms with Crippen LogP contribution in [0.1, 0.15) is 0 Å². The molecule has 2 radical (unpaired) electrons. The fourth-order valence-electron chi connectivity index (χ4n) is 2.98. The average Bonchev–Trinajstić information content (AvgIpc) is 3.94. The van der Waals surface area contributed by atoms with Gasteiger partial charge in [-0.2, -0.15) is 10.2 Å². The summed E-state index contributed by atoms with van der Waals surface area (Å²) in [5.41, 5.74) is 6.44. The molecule has 0 fully saturated rings. The molecule has 0 bridgehead atoms. The molecule has 52 heavy (non-hydrogen) atoms.